The SMILES string of the molecule is CC(CNCC1(C)CCN(C)CC1)c1ccccc1. The summed E-state index contributed by atoms with van der Waals surface area (Å²) in [6.45, 7) is 9.45. The van der Waals surface area contributed by atoms with Crippen molar-refractivity contribution in [1.29, 1.82) is 0 Å². The summed E-state index contributed by atoms with van der Waals surface area (Å²) in [5.41, 5.74) is 1.92. The highest BCUT2D eigenvalue weighted by atomic mass is 15.1. The predicted octanol–water partition coefficient (Wildman–Crippen LogP) is 3.11. The van der Waals surface area contributed by atoms with Gasteiger partial charge in [0.2, 0.25) is 0 Å². The Morgan fingerprint density at radius 2 is 1.84 bits per heavy atom. The van der Waals surface area contributed by atoms with E-state index in [1.54, 1.807) is 0 Å². The minimum atomic E-state index is 0.489. The smallest absolute Gasteiger partial charge is 0.00177 e. The molecule has 0 aliphatic carbocycles. The zero-order valence-corrected chi connectivity index (χ0v) is 12.7. The summed E-state index contributed by atoms with van der Waals surface area (Å²) in [6.07, 6.45) is 2.63. The summed E-state index contributed by atoms with van der Waals surface area (Å²) in [5, 5.41) is 3.69. The molecule has 1 atom stereocenters. The molecule has 0 saturated carbocycles. The second-order valence-corrected chi connectivity index (χ2v) is 6.56. The van der Waals surface area contributed by atoms with E-state index >= 15 is 0 Å². The Morgan fingerprint density at radius 1 is 1.21 bits per heavy atom. The summed E-state index contributed by atoms with van der Waals surface area (Å²) < 4.78 is 0. The number of piperidine rings is 1. The fourth-order valence-corrected chi connectivity index (χ4v) is 2.83. The third-order valence-corrected chi connectivity index (χ3v) is 4.57. The van der Waals surface area contributed by atoms with Crippen LogP contribution in [0.25, 0.3) is 0 Å². The van der Waals surface area contributed by atoms with E-state index in [1.165, 1.54) is 31.5 Å². The number of nitrogens with zero attached hydrogens (tertiary/aromatic N) is 1. The van der Waals surface area contributed by atoms with E-state index in [4.69, 9.17) is 0 Å². The van der Waals surface area contributed by atoms with Gasteiger partial charge in [-0.15, -0.1) is 0 Å². The van der Waals surface area contributed by atoms with E-state index in [9.17, 15) is 0 Å². The molecule has 1 fully saturated rings. The van der Waals surface area contributed by atoms with Crippen LogP contribution in [0.4, 0.5) is 0 Å². The quantitative estimate of drug-likeness (QED) is 0.875. The normalized spacial score (nSPS) is 21.2. The molecule has 0 radical (unpaired) electrons. The van der Waals surface area contributed by atoms with E-state index < -0.39 is 0 Å². The molecule has 1 aliphatic heterocycles. The van der Waals surface area contributed by atoms with Gasteiger partial charge < -0.3 is 10.2 Å². The first kappa shape index (κ1) is 14.5. The van der Waals surface area contributed by atoms with Gasteiger partial charge in [0.1, 0.15) is 0 Å². The maximum Gasteiger partial charge on any atom is 0.00177 e. The molecule has 1 unspecified atom stereocenters. The third-order valence-electron chi connectivity index (χ3n) is 4.57. The van der Waals surface area contributed by atoms with Crippen molar-refractivity contribution in [2.75, 3.05) is 33.2 Å². The summed E-state index contributed by atoms with van der Waals surface area (Å²) in [7, 11) is 2.23. The predicted molar refractivity (Wildman–Crippen MR) is 82.6 cm³/mol. The average Bonchev–Trinajstić information content (AvgIpc) is 2.43. The molecule has 0 amide bonds. The Balaban J connectivity index is 1.74. The fraction of sp³-hybridized carbons (Fsp3) is 0.647. The van der Waals surface area contributed by atoms with E-state index in [-0.39, 0.29) is 0 Å². The second-order valence-electron chi connectivity index (χ2n) is 6.56. The lowest BCUT2D eigenvalue weighted by Crippen LogP contribution is -2.42. The van der Waals surface area contributed by atoms with Gasteiger partial charge in [0.25, 0.3) is 0 Å². The monoisotopic (exact) mass is 260 g/mol. The Morgan fingerprint density at radius 3 is 2.47 bits per heavy atom. The van der Waals surface area contributed by atoms with Crippen LogP contribution in [0.15, 0.2) is 30.3 Å². The number of benzene rings is 1. The minimum Gasteiger partial charge on any atom is -0.316 e. The van der Waals surface area contributed by atoms with Crippen LogP contribution in [0.1, 0.15) is 38.2 Å². The molecule has 2 nitrogen and oxygen atoms in total. The molecule has 1 N–H and O–H groups in total. The van der Waals surface area contributed by atoms with Gasteiger partial charge in [-0.1, -0.05) is 44.2 Å². The summed E-state index contributed by atoms with van der Waals surface area (Å²) in [4.78, 5) is 2.44. The van der Waals surface area contributed by atoms with E-state index in [2.05, 4.69) is 61.4 Å². The molecule has 106 valence electrons. The van der Waals surface area contributed by atoms with Crippen molar-refractivity contribution in [3.05, 3.63) is 35.9 Å². The van der Waals surface area contributed by atoms with Gasteiger partial charge in [0, 0.05) is 13.1 Å². The largest absolute Gasteiger partial charge is 0.316 e. The van der Waals surface area contributed by atoms with Crippen molar-refractivity contribution in [2.45, 2.75) is 32.6 Å². The van der Waals surface area contributed by atoms with Gasteiger partial charge in [-0.3, -0.25) is 0 Å². The molecule has 1 heterocycles. The Hall–Kier alpha value is -0.860. The highest BCUT2D eigenvalue weighted by Crippen LogP contribution is 2.29. The molecular weight excluding hydrogens is 232 g/mol. The van der Waals surface area contributed by atoms with Crippen molar-refractivity contribution in [2.24, 2.45) is 5.41 Å². The van der Waals surface area contributed by atoms with Crippen molar-refractivity contribution in [3.63, 3.8) is 0 Å². The summed E-state index contributed by atoms with van der Waals surface area (Å²) >= 11 is 0. The van der Waals surface area contributed by atoms with Crippen LogP contribution < -0.4 is 5.32 Å². The van der Waals surface area contributed by atoms with Crippen molar-refractivity contribution in [1.82, 2.24) is 10.2 Å². The van der Waals surface area contributed by atoms with Gasteiger partial charge in [0.05, 0.1) is 0 Å². The molecule has 0 bridgehead atoms. The zero-order valence-electron chi connectivity index (χ0n) is 12.7. The van der Waals surface area contributed by atoms with Crippen molar-refractivity contribution >= 4 is 0 Å². The van der Waals surface area contributed by atoms with Crippen molar-refractivity contribution in [3.8, 4) is 0 Å². The average molecular weight is 260 g/mol. The Labute approximate surface area is 118 Å². The van der Waals surface area contributed by atoms with Crippen LogP contribution in [0.3, 0.4) is 0 Å². The van der Waals surface area contributed by atoms with Gasteiger partial charge in [0.15, 0.2) is 0 Å². The second kappa shape index (κ2) is 6.53. The first-order valence-electron chi connectivity index (χ1n) is 7.53. The molecule has 1 saturated heterocycles. The fourth-order valence-electron chi connectivity index (χ4n) is 2.83. The molecule has 1 aromatic rings. The molecule has 2 heteroatoms. The summed E-state index contributed by atoms with van der Waals surface area (Å²) in [6, 6.07) is 10.8. The minimum absolute atomic E-state index is 0.489. The van der Waals surface area contributed by atoms with Gasteiger partial charge in [-0.05, 0) is 49.9 Å². The number of hydrogen-bond donors (Lipinski definition) is 1. The van der Waals surface area contributed by atoms with E-state index in [0.717, 1.165) is 13.1 Å². The van der Waals surface area contributed by atoms with Gasteiger partial charge >= 0.3 is 0 Å². The van der Waals surface area contributed by atoms with Crippen LogP contribution in [-0.4, -0.2) is 38.1 Å². The first-order chi connectivity index (χ1) is 9.09. The molecule has 0 spiro atoms. The van der Waals surface area contributed by atoms with Gasteiger partial charge in [-0.25, -0.2) is 0 Å². The third kappa shape index (κ3) is 4.32. The molecular formula is C17H28N2. The number of hydrogen-bond acceptors (Lipinski definition) is 2. The highest BCUT2D eigenvalue weighted by molar-refractivity contribution is 5.18. The molecule has 19 heavy (non-hydrogen) atoms. The van der Waals surface area contributed by atoms with Crippen LogP contribution in [0, 0.1) is 5.41 Å². The summed E-state index contributed by atoms with van der Waals surface area (Å²) in [5.74, 6) is 0.594. The van der Waals surface area contributed by atoms with Crippen LogP contribution in [0.2, 0.25) is 0 Å². The lowest BCUT2D eigenvalue weighted by molar-refractivity contribution is 0.137. The number of nitrogens with one attached hydrogen (secondary N) is 1. The van der Waals surface area contributed by atoms with Crippen LogP contribution in [0.5, 0.6) is 0 Å². The van der Waals surface area contributed by atoms with E-state index in [1.807, 2.05) is 0 Å². The lowest BCUT2D eigenvalue weighted by atomic mass is 9.80. The standard InChI is InChI=1S/C17H28N2/c1-15(16-7-5-4-6-8-16)13-18-14-17(2)9-11-19(3)12-10-17/h4-8,15,18H,9-14H2,1-3H3. The number of rotatable bonds is 5. The molecule has 2 rings (SSSR count). The maximum absolute atomic E-state index is 3.69. The topological polar surface area (TPSA) is 15.3 Å². The Bertz CT molecular complexity index is 366. The number of likely N-dealkylation sites (tertiary alicyclic amines) is 1. The van der Waals surface area contributed by atoms with E-state index in [0.29, 0.717) is 11.3 Å². The Kier molecular flexibility index (Phi) is 5.00. The zero-order chi connectivity index (χ0) is 13.7. The highest BCUT2D eigenvalue weighted by Gasteiger charge is 2.28. The van der Waals surface area contributed by atoms with Gasteiger partial charge in [-0.2, -0.15) is 0 Å². The molecule has 1 aliphatic rings. The molecule has 1 aromatic carbocycles. The maximum atomic E-state index is 3.69. The first-order valence-corrected chi connectivity index (χ1v) is 7.53. The van der Waals surface area contributed by atoms with Crippen molar-refractivity contribution < 1.29 is 0 Å². The van der Waals surface area contributed by atoms with Crippen LogP contribution in [-0.2, 0) is 0 Å². The van der Waals surface area contributed by atoms with Crippen LogP contribution >= 0.6 is 0 Å². The lowest BCUT2D eigenvalue weighted by Gasteiger charge is -2.38. The molecule has 0 aromatic heterocycles.